The summed E-state index contributed by atoms with van der Waals surface area (Å²) in [5.74, 6) is 1.36. The van der Waals surface area contributed by atoms with Crippen LogP contribution in [0, 0.1) is 22.7 Å². The normalized spacial score (nSPS) is 10.5. The van der Waals surface area contributed by atoms with Crippen LogP contribution >= 0.6 is 0 Å². The van der Waals surface area contributed by atoms with Crippen LogP contribution in [0.2, 0.25) is 0 Å². The highest BCUT2D eigenvalue weighted by Gasteiger charge is 2.11. The number of hydrogen-bond acceptors (Lipinski definition) is 4. The highest BCUT2D eigenvalue weighted by Crippen LogP contribution is 2.30. The molecule has 4 nitrogen and oxygen atoms in total. The first kappa shape index (κ1) is 26.8. The second-order valence-electron chi connectivity index (χ2n) is 8.39. The Morgan fingerprint density at radius 1 is 0.645 bits per heavy atom. The summed E-state index contributed by atoms with van der Waals surface area (Å²) < 4.78 is 11.3. The number of methoxy groups -OCH3 is 1. The van der Waals surface area contributed by atoms with Crippen LogP contribution in [0.4, 0.5) is 0 Å². The molecular weight excluding hydrogens is 384 g/mol. The Labute approximate surface area is 190 Å². The Hall–Kier alpha value is -2.20. The summed E-state index contributed by atoms with van der Waals surface area (Å²) in [7, 11) is 1.58. The summed E-state index contributed by atoms with van der Waals surface area (Å²) in [5, 5.41) is 18.1. The van der Waals surface area contributed by atoms with E-state index in [2.05, 4.69) is 19.1 Å². The van der Waals surface area contributed by atoms with Crippen molar-refractivity contribution in [2.24, 2.45) is 0 Å². The van der Waals surface area contributed by atoms with E-state index in [0.717, 1.165) is 17.5 Å². The second kappa shape index (κ2) is 18.6. The van der Waals surface area contributed by atoms with Crippen LogP contribution in [0.5, 0.6) is 11.5 Å². The summed E-state index contributed by atoms with van der Waals surface area (Å²) >= 11 is 0. The van der Waals surface area contributed by atoms with Gasteiger partial charge in [-0.3, -0.25) is 0 Å². The Balaban J connectivity index is 2.15. The molecule has 172 valence electrons. The third-order valence-electron chi connectivity index (χ3n) is 5.76. The van der Waals surface area contributed by atoms with Gasteiger partial charge < -0.3 is 9.47 Å². The van der Waals surface area contributed by atoms with E-state index < -0.39 is 0 Å². The summed E-state index contributed by atoms with van der Waals surface area (Å²) in [6, 6.07) is 8.03. The molecule has 4 heteroatoms. The number of rotatable bonds is 19. The average molecular weight is 427 g/mol. The minimum Gasteiger partial charge on any atom is -0.496 e. The Morgan fingerprint density at radius 3 is 1.52 bits per heavy atom. The van der Waals surface area contributed by atoms with Crippen LogP contribution in [0.15, 0.2) is 12.1 Å². The van der Waals surface area contributed by atoms with Gasteiger partial charge in [0, 0.05) is 11.1 Å². The van der Waals surface area contributed by atoms with Gasteiger partial charge in [-0.25, -0.2) is 0 Å². The Bertz CT molecular complexity index is 673. The molecule has 1 aromatic carbocycles. The maximum absolute atomic E-state index is 9.09. The zero-order valence-electron chi connectivity index (χ0n) is 19.9. The maximum Gasteiger partial charge on any atom is 0.124 e. The fraction of sp³-hybridized carbons (Fsp3) is 0.704. The van der Waals surface area contributed by atoms with E-state index in [-0.39, 0.29) is 12.8 Å². The fourth-order valence-corrected chi connectivity index (χ4v) is 3.89. The molecular formula is C27H42N2O2. The molecule has 0 heterocycles. The van der Waals surface area contributed by atoms with Crippen molar-refractivity contribution in [2.75, 3.05) is 13.7 Å². The molecule has 0 saturated carbocycles. The predicted octanol–water partition coefficient (Wildman–Crippen LogP) is 7.69. The van der Waals surface area contributed by atoms with Crippen LogP contribution in [0.1, 0.15) is 108 Å². The van der Waals surface area contributed by atoms with Crippen molar-refractivity contribution in [3.63, 3.8) is 0 Å². The molecule has 0 saturated heterocycles. The van der Waals surface area contributed by atoms with Crippen LogP contribution in [-0.2, 0) is 12.8 Å². The first-order valence-corrected chi connectivity index (χ1v) is 12.3. The molecule has 31 heavy (non-hydrogen) atoms. The summed E-state index contributed by atoms with van der Waals surface area (Å²) in [5.41, 5.74) is 1.63. The van der Waals surface area contributed by atoms with Gasteiger partial charge >= 0.3 is 0 Å². The number of unbranched alkanes of at least 4 members (excludes halogenated alkanes) is 13. The second-order valence-corrected chi connectivity index (χ2v) is 8.39. The lowest BCUT2D eigenvalue weighted by Gasteiger charge is -2.14. The quantitative estimate of drug-likeness (QED) is 0.213. The minimum atomic E-state index is 0.269. The molecule has 0 unspecified atom stereocenters. The van der Waals surface area contributed by atoms with Crippen LogP contribution in [0.25, 0.3) is 0 Å². The molecule has 0 N–H and O–H groups in total. The third-order valence-corrected chi connectivity index (χ3v) is 5.76. The Morgan fingerprint density at radius 2 is 1.06 bits per heavy atom. The Kier molecular flexibility index (Phi) is 16.1. The van der Waals surface area contributed by atoms with Gasteiger partial charge in [-0.1, -0.05) is 90.4 Å². The van der Waals surface area contributed by atoms with E-state index in [4.69, 9.17) is 20.0 Å². The van der Waals surface area contributed by atoms with Crippen molar-refractivity contribution >= 4 is 0 Å². The molecule has 0 atom stereocenters. The van der Waals surface area contributed by atoms with Crippen LogP contribution in [-0.4, -0.2) is 13.7 Å². The van der Waals surface area contributed by atoms with Gasteiger partial charge in [-0.2, -0.15) is 10.5 Å². The zero-order chi connectivity index (χ0) is 22.6. The highest BCUT2D eigenvalue weighted by atomic mass is 16.5. The highest BCUT2D eigenvalue weighted by molar-refractivity contribution is 5.48. The van der Waals surface area contributed by atoms with Crippen molar-refractivity contribution < 1.29 is 9.47 Å². The van der Waals surface area contributed by atoms with E-state index in [0.29, 0.717) is 18.1 Å². The molecule has 1 rings (SSSR count). The van der Waals surface area contributed by atoms with E-state index in [9.17, 15) is 0 Å². The summed E-state index contributed by atoms with van der Waals surface area (Å²) in [6.45, 7) is 2.92. The summed E-state index contributed by atoms with van der Waals surface area (Å²) in [6.07, 6.45) is 19.2. The molecule has 0 aliphatic carbocycles. The van der Waals surface area contributed by atoms with Crippen LogP contribution in [0.3, 0.4) is 0 Å². The molecule has 0 radical (unpaired) electrons. The number of benzene rings is 1. The molecule has 0 spiro atoms. The van der Waals surface area contributed by atoms with Gasteiger partial charge in [-0.05, 0) is 18.6 Å². The zero-order valence-corrected chi connectivity index (χ0v) is 19.9. The first-order valence-electron chi connectivity index (χ1n) is 12.3. The molecule has 0 amide bonds. The first-order chi connectivity index (χ1) is 15.3. The van der Waals surface area contributed by atoms with Gasteiger partial charge in [0.2, 0.25) is 0 Å². The van der Waals surface area contributed by atoms with Crippen LogP contribution < -0.4 is 9.47 Å². The number of hydrogen-bond donors (Lipinski definition) is 0. The van der Waals surface area contributed by atoms with Crippen molar-refractivity contribution in [2.45, 2.75) is 110 Å². The van der Waals surface area contributed by atoms with E-state index >= 15 is 0 Å². The third kappa shape index (κ3) is 12.3. The molecule has 0 aromatic heterocycles. The minimum absolute atomic E-state index is 0.269. The molecule has 0 aliphatic heterocycles. The molecule has 0 aliphatic rings. The van der Waals surface area contributed by atoms with E-state index in [1.807, 2.05) is 12.1 Å². The summed E-state index contributed by atoms with van der Waals surface area (Å²) in [4.78, 5) is 0. The predicted molar refractivity (Wildman–Crippen MR) is 127 cm³/mol. The fourth-order valence-electron chi connectivity index (χ4n) is 3.89. The molecule has 0 fully saturated rings. The number of ether oxygens (including phenoxy) is 2. The topological polar surface area (TPSA) is 66.0 Å². The monoisotopic (exact) mass is 426 g/mol. The lowest BCUT2D eigenvalue weighted by atomic mass is 10.0. The lowest BCUT2D eigenvalue weighted by molar-refractivity contribution is 0.300. The average Bonchev–Trinajstić information content (AvgIpc) is 2.78. The molecule has 1 aromatic rings. The van der Waals surface area contributed by atoms with E-state index in [1.54, 1.807) is 7.11 Å². The van der Waals surface area contributed by atoms with Gasteiger partial charge in [0.15, 0.2) is 0 Å². The maximum atomic E-state index is 9.09. The van der Waals surface area contributed by atoms with Crippen molar-refractivity contribution in [3.05, 3.63) is 23.3 Å². The van der Waals surface area contributed by atoms with Crippen molar-refractivity contribution in [3.8, 4) is 23.6 Å². The molecule has 0 bridgehead atoms. The van der Waals surface area contributed by atoms with Gasteiger partial charge in [-0.15, -0.1) is 0 Å². The van der Waals surface area contributed by atoms with Gasteiger partial charge in [0.25, 0.3) is 0 Å². The number of nitriles is 2. The van der Waals surface area contributed by atoms with Crippen molar-refractivity contribution in [1.29, 1.82) is 10.5 Å². The van der Waals surface area contributed by atoms with Gasteiger partial charge in [0.05, 0.1) is 38.7 Å². The van der Waals surface area contributed by atoms with Crippen molar-refractivity contribution in [1.82, 2.24) is 0 Å². The lowest BCUT2D eigenvalue weighted by Crippen LogP contribution is -2.03. The smallest absolute Gasteiger partial charge is 0.124 e. The standard InChI is InChI=1S/C27H42N2O2/c1-3-4-5-6-7-8-9-10-11-12-13-14-15-16-21-31-27-23-24(17-19-28)26(30-2)22-25(27)18-20-29/h22-23H,3-18,21H2,1-2H3. The largest absolute Gasteiger partial charge is 0.496 e. The number of nitrogens with zero attached hydrogens (tertiary/aromatic N) is 2. The van der Waals surface area contributed by atoms with Gasteiger partial charge in [0.1, 0.15) is 11.5 Å². The van der Waals surface area contributed by atoms with E-state index in [1.165, 1.54) is 83.5 Å². The SMILES string of the molecule is CCCCCCCCCCCCCCCCOc1cc(CC#N)c(OC)cc1CC#N.